The van der Waals surface area contributed by atoms with Gasteiger partial charge in [0.25, 0.3) is 0 Å². The number of rotatable bonds is 4. The van der Waals surface area contributed by atoms with Gasteiger partial charge in [-0.15, -0.1) is 11.8 Å². The molecular weight excluding hydrogens is 192 g/mol. The normalized spacial score (nSPS) is 8.87. The summed E-state index contributed by atoms with van der Waals surface area (Å²) in [6, 6.07) is 3.16. The topological polar surface area (TPSA) is 62.2 Å². The second kappa shape index (κ2) is 5.66. The molecule has 15 heavy (non-hydrogen) atoms. The first-order chi connectivity index (χ1) is 7.24. The summed E-state index contributed by atoms with van der Waals surface area (Å²) >= 11 is 0. The number of pyridine rings is 1. The summed E-state index contributed by atoms with van der Waals surface area (Å²) in [6.07, 6.45) is 2.26. The Balaban J connectivity index is 2.48. The van der Waals surface area contributed by atoms with Crippen molar-refractivity contribution < 1.29 is 9.90 Å². The zero-order valence-electron chi connectivity index (χ0n) is 8.45. The first kappa shape index (κ1) is 11.1. The molecule has 1 heterocycles. The number of anilines is 1. The minimum absolute atomic E-state index is 0.0499. The van der Waals surface area contributed by atoms with Crippen LogP contribution in [-0.2, 0) is 0 Å². The smallest absolute Gasteiger partial charge is 0.354 e. The number of nitrogens with one attached hydrogen (secondary N) is 1. The maximum atomic E-state index is 10.5. The Morgan fingerprint density at radius 1 is 1.60 bits per heavy atom. The average molecular weight is 204 g/mol. The number of carboxylic acid groups (broad SMARTS) is 1. The molecule has 0 aliphatic rings. The van der Waals surface area contributed by atoms with E-state index >= 15 is 0 Å². The van der Waals surface area contributed by atoms with Gasteiger partial charge in [0, 0.05) is 13.0 Å². The van der Waals surface area contributed by atoms with E-state index in [0.717, 1.165) is 18.7 Å². The van der Waals surface area contributed by atoms with Crippen LogP contribution in [0.1, 0.15) is 23.8 Å². The van der Waals surface area contributed by atoms with Gasteiger partial charge >= 0.3 is 5.97 Å². The maximum absolute atomic E-state index is 10.5. The van der Waals surface area contributed by atoms with Crippen LogP contribution in [0.3, 0.4) is 0 Å². The van der Waals surface area contributed by atoms with E-state index in [9.17, 15) is 4.79 Å². The molecule has 0 spiro atoms. The van der Waals surface area contributed by atoms with Gasteiger partial charge in [-0.25, -0.2) is 9.78 Å². The number of aromatic nitrogens is 1. The Kier molecular flexibility index (Phi) is 4.17. The van der Waals surface area contributed by atoms with Gasteiger partial charge < -0.3 is 10.4 Å². The molecule has 0 radical (unpaired) electrons. The standard InChI is InChI=1S/C11H12N2O2/c1-2-3-4-7-12-9-5-6-10(11(14)15)13-8-9/h5-6,8,12H,4,7H2,1H3,(H,14,15). The van der Waals surface area contributed by atoms with Crippen molar-refractivity contribution in [2.24, 2.45) is 0 Å². The molecule has 0 aliphatic heterocycles. The van der Waals surface area contributed by atoms with E-state index in [0.29, 0.717) is 0 Å². The SMILES string of the molecule is CC#CCCNc1ccc(C(=O)O)nc1. The lowest BCUT2D eigenvalue weighted by Crippen LogP contribution is -2.03. The molecule has 1 rings (SSSR count). The van der Waals surface area contributed by atoms with E-state index in [-0.39, 0.29) is 5.69 Å². The van der Waals surface area contributed by atoms with Gasteiger partial charge in [-0.1, -0.05) is 0 Å². The Morgan fingerprint density at radius 3 is 2.93 bits per heavy atom. The molecule has 1 aromatic rings. The minimum Gasteiger partial charge on any atom is -0.477 e. The minimum atomic E-state index is -1.02. The number of nitrogens with zero attached hydrogens (tertiary/aromatic N) is 1. The lowest BCUT2D eigenvalue weighted by molar-refractivity contribution is 0.0690. The lowest BCUT2D eigenvalue weighted by atomic mass is 10.3. The molecule has 0 fully saturated rings. The average Bonchev–Trinajstić information content (AvgIpc) is 2.25. The Morgan fingerprint density at radius 2 is 2.40 bits per heavy atom. The molecule has 0 unspecified atom stereocenters. The quantitative estimate of drug-likeness (QED) is 0.577. The van der Waals surface area contributed by atoms with E-state index < -0.39 is 5.97 Å². The number of carboxylic acids is 1. The maximum Gasteiger partial charge on any atom is 0.354 e. The molecule has 0 atom stereocenters. The number of hydrogen-bond donors (Lipinski definition) is 2. The van der Waals surface area contributed by atoms with E-state index in [2.05, 4.69) is 22.1 Å². The monoisotopic (exact) mass is 204 g/mol. The van der Waals surface area contributed by atoms with Crippen molar-refractivity contribution >= 4 is 11.7 Å². The molecular formula is C11H12N2O2. The van der Waals surface area contributed by atoms with Crippen molar-refractivity contribution in [3.8, 4) is 11.8 Å². The molecule has 0 saturated heterocycles. The van der Waals surface area contributed by atoms with Gasteiger partial charge in [0.1, 0.15) is 5.69 Å². The molecule has 0 bridgehead atoms. The Bertz CT molecular complexity index is 387. The summed E-state index contributed by atoms with van der Waals surface area (Å²) in [5, 5.41) is 11.7. The van der Waals surface area contributed by atoms with Crippen LogP contribution in [0.15, 0.2) is 18.3 Å². The fourth-order valence-corrected chi connectivity index (χ4v) is 1.02. The van der Waals surface area contributed by atoms with E-state index in [1.54, 1.807) is 13.0 Å². The van der Waals surface area contributed by atoms with Crippen molar-refractivity contribution in [3.63, 3.8) is 0 Å². The van der Waals surface area contributed by atoms with Crippen molar-refractivity contribution in [2.75, 3.05) is 11.9 Å². The van der Waals surface area contributed by atoms with Gasteiger partial charge in [0.05, 0.1) is 11.9 Å². The fraction of sp³-hybridized carbons (Fsp3) is 0.273. The van der Waals surface area contributed by atoms with Crippen molar-refractivity contribution in [2.45, 2.75) is 13.3 Å². The molecule has 0 amide bonds. The summed E-state index contributed by atoms with van der Waals surface area (Å²) in [5.41, 5.74) is 0.854. The van der Waals surface area contributed by atoms with Gasteiger partial charge in [-0.3, -0.25) is 0 Å². The van der Waals surface area contributed by atoms with Crippen LogP contribution in [0.5, 0.6) is 0 Å². The highest BCUT2D eigenvalue weighted by Gasteiger charge is 2.02. The summed E-state index contributed by atoms with van der Waals surface area (Å²) in [4.78, 5) is 14.3. The van der Waals surface area contributed by atoms with E-state index in [1.165, 1.54) is 12.3 Å². The predicted molar refractivity (Wildman–Crippen MR) is 57.8 cm³/mol. The molecule has 0 aromatic carbocycles. The summed E-state index contributed by atoms with van der Waals surface area (Å²) in [6.45, 7) is 2.53. The van der Waals surface area contributed by atoms with Crippen molar-refractivity contribution in [1.29, 1.82) is 0 Å². The van der Waals surface area contributed by atoms with Gasteiger partial charge in [-0.2, -0.15) is 0 Å². The summed E-state index contributed by atoms with van der Waals surface area (Å²) < 4.78 is 0. The summed E-state index contributed by atoms with van der Waals surface area (Å²) in [5.74, 6) is 4.70. The third-order valence-electron chi connectivity index (χ3n) is 1.74. The van der Waals surface area contributed by atoms with Gasteiger partial charge in [0.2, 0.25) is 0 Å². The highest BCUT2D eigenvalue weighted by Crippen LogP contribution is 2.05. The Hall–Kier alpha value is -2.02. The molecule has 4 nitrogen and oxygen atoms in total. The molecule has 78 valence electrons. The molecule has 0 saturated carbocycles. The molecule has 1 aromatic heterocycles. The summed E-state index contributed by atoms with van der Waals surface area (Å²) in [7, 11) is 0. The van der Waals surface area contributed by atoms with Crippen LogP contribution in [0, 0.1) is 11.8 Å². The first-order valence-electron chi connectivity index (χ1n) is 4.57. The molecule has 0 aliphatic carbocycles. The van der Waals surface area contributed by atoms with Gasteiger partial charge in [-0.05, 0) is 19.1 Å². The zero-order chi connectivity index (χ0) is 11.1. The number of aromatic carboxylic acids is 1. The highest BCUT2D eigenvalue weighted by atomic mass is 16.4. The van der Waals surface area contributed by atoms with Crippen molar-refractivity contribution in [3.05, 3.63) is 24.0 Å². The van der Waals surface area contributed by atoms with Crippen molar-refractivity contribution in [1.82, 2.24) is 4.98 Å². The van der Waals surface area contributed by atoms with E-state index in [4.69, 9.17) is 5.11 Å². The number of hydrogen-bond acceptors (Lipinski definition) is 3. The third kappa shape index (κ3) is 3.69. The molecule has 2 N–H and O–H groups in total. The van der Waals surface area contributed by atoms with Crippen LogP contribution in [-0.4, -0.2) is 22.6 Å². The highest BCUT2D eigenvalue weighted by molar-refractivity contribution is 5.85. The largest absolute Gasteiger partial charge is 0.477 e. The molecule has 4 heteroatoms. The second-order valence-corrected chi connectivity index (χ2v) is 2.84. The van der Waals surface area contributed by atoms with Gasteiger partial charge in [0.15, 0.2) is 0 Å². The number of carbonyl (C=O) groups is 1. The third-order valence-corrected chi connectivity index (χ3v) is 1.74. The first-order valence-corrected chi connectivity index (χ1v) is 4.57. The van der Waals surface area contributed by atoms with Crippen LogP contribution in [0.2, 0.25) is 0 Å². The lowest BCUT2D eigenvalue weighted by Gasteiger charge is -2.02. The zero-order valence-corrected chi connectivity index (χ0v) is 8.45. The predicted octanol–water partition coefficient (Wildman–Crippen LogP) is 1.61. The van der Waals surface area contributed by atoms with E-state index in [1.807, 2.05) is 0 Å². The second-order valence-electron chi connectivity index (χ2n) is 2.84. The van der Waals surface area contributed by atoms with Crippen LogP contribution in [0.4, 0.5) is 5.69 Å². The fourth-order valence-electron chi connectivity index (χ4n) is 1.02. The van der Waals surface area contributed by atoms with Crippen LogP contribution >= 0.6 is 0 Å². The Labute approximate surface area is 88.3 Å². The van der Waals surface area contributed by atoms with Crippen LogP contribution in [0.25, 0.3) is 0 Å². The van der Waals surface area contributed by atoms with Crippen LogP contribution < -0.4 is 5.32 Å².